The highest BCUT2D eigenvalue weighted by Gasteiger charge is 2.38. The van der Waals surface area contributed by atoms with Crippen LogP contribution >= 0.6 is 0 Å². The SMILES string of the molecule is CCOC(=O)C(CC)(CC)NC(=O)c1ccc(N2CCCCOC2)c(OCC2CC2)n1.[HH]. The van der Waals surface area contributed by atoms with Crippen LogP contribution in [0.5, 0.6) is 5.88 Å². The summed E-state index contributed by atoms with van der Waals surface area (Å²) in [6.45, 7) is 8.41. The van der Waals surface area contributed by atoms with E-state index in [1.165, 1.54) is 0 Å². The van der Waals surface area contributed by atoms with Gasteiger partial charge in [0.15, 0.2) is 0 Å². The summed E-state index contributed by atoms with van der Waals surface area (Å²) in [7, 11) is 0. The van der Waals surface area contributed by atoms with Gasteiger partial charge >= 0.3 is 5.97 Å². The highest BCUT2D eigenvalue weighted by Crippen LogP contribution is 2.33. The first-order chi connectivity index (χ1) is 15.0. The average Bonchev–Trinajstić information content (AvgIpc) is 3.63. The van der Waals surface area contributed by atoms with Crippen LogP contribution in [0.4, 0.5) is 5.69 Å². The Morgan fingerprint density at radius 2 is 2.03 bits per heavy atom. The van der Waals surface area contributed by atoms with E-state index in [4.69, 9.17) is 14.2 Å². The maximum Gasteiger partial charge on any atom is 0.331 e. The van der Waals surface area contributed by atoms with Gasteiger partial charge in [-0.2, -0.15) is 0 Å². The normalized spacial score (nSPS) is 17.1. The maximum absolute atomic E-state index is 13.1. The van der Waals surface area contributed by atoms with Crippen molar-refractivity contribution in [3.8, 4) is 5.88 Å². The lowest BCUT2D eigenvalue weighted by atomic mass is 9.92. The van der Waals surface area contributed by atoms with Gasteiger partial charge in [-0.25, -0.2) is 9.78 Å². The number of nitrogens with one attached hydrogen (secondary N) is 1. The summed E-state index contributed by atoms with van der Waals surface area (Å²) in [5.74, 6) is 0.174. The Bertz CT molecular complexity index is 760. The van der Waals surface area contributed by atoms with Gasteiger partial charge in [0.05, 0.1) is 13.2 Å². The van der Waals surface area contributed by atoms with Crippen molar-refractivity contribution in [1.29, 1.82) is 0 Å². The molecule has 0 spiro atoms. The van der Waals surface area contributed by atoms with Crippen LogP contribution in [0.1, 0.15) is 71.2 Å². The summed E-state index contributed by atoms with van der Waals surface area (Å²) in [6, 6.07) is 3.55. The van der Waals surface area contributed by atoms with Gasteiger partial charge in [-0.15, -0.1) is 0 Å². The highest BCUT2D eigenvalue weighted by atomic mass is 16.5. The van der Waals surface area contributed by atoms with Crippen LogP contribution in [0.15, 0.2) is 12.1 Å². The number of pyridine rings is 1. The molecule has 3 rings (SSSR count). The molecule has 8 heteroatoms. The zero-order valence-corrected chi connectivity index (χ0v) is 18.9. The maximum atomic E-state index is 13.1. The number of carbonyl (C=O) groups is 2. The Balaban J connectivity index is 0.00000363. The molecule has 1 aliphatic carbocycles. The Hall–Kier alpha value is -2.35. The van der Waals surface area contributed by atoms with Gasteiger partial charge in [0.1, 0.15) is 23.7 Å². The van der Waals surface area contributed by atoms with E-state index in [-0.39, 0.29) is 13.7 Å². The van der Waals surface area contributed by atoms with Gasteiger partial charge in [0.25, 0.3) is 5.91 Å². The quantitative estimate of drug-likeness (QED) is 0.562. The molecular formula is C23H37N3O5. The molecular weight excluding hydrogens is 398 g/mol. The first-order valence-electron chi connectivity index (χ1n) is 11.5. The summed E-state index contributed by atoms with van der Waals surface area (Å²) >= 11 is 0. The van der Waals surface area contributed by atoms with Crippen molar-refractivity contribution < 1.29 is 25.2 Å². The summed E-state index contributed by atoms with van der Waals surface area (Å²) in [4.78, 5) is 32.2. The van der Waals surface area contributed by atoms with Crippen molar-refractivity contribution in [2.24, 2.45) is 5.92 Å². The molecule has 174 valence electrons. The number of esters is 1. The minimum atomic E-state index is -1.07. The molecule has 0 radical (unpaired) electrons. The zero-order chi connectivity index (χ0) is 22.3. The van der Waals surface area contributed by atoms with Crippen molar-refractivity contribution in [1.82, 2.24) is 10.3 Å². The summed E-state index contributed by atoms with van der Waals surface area (Å²) in [5.41, 5.74) is -0.0104. The van der Waals surface area contributed by atoms with E-state index in [2.05, 4.69) is 15.2 Å². The molecule has 1 aromatic rings. The van der Waals surface area contributed by atoms with Gasteiger partial charge in [0.2, 0.25) is 5.88 Å². The van der Waals surface area contributed by atoms with E-state index >= 15 is 0 Å². The van der Waals surface area contributed by atoms with E-state index < -0.39 is 17.4 Å². The number of carbonyl (C=O) groups excluding carboxylic acids is 2. The number of nitrogens with zero attached hydrogens (tertiary/aromatic N) is 2. The molecule has 1 aromatic heterocycles. The predicted octanol–water partition coefficient (Wildman–Crippen LogP) is 3.54. The molecule has 0 bridgehead atoms. The molecule has 8 nitrogen and oxygen atoms in total. The largest absolute Gasteiger partial charge is 0.476 e. The second-order valence-electron chi connectivity index (χ2n) is 8.25. The molecule has 1 saturated heterocycles. The van der Waals surface area contributed by atoms with E-state index in [0.29, 0.717) is 38.0 Å². The van der Waals surface area contributed by atoms with Crippen LogP contribution in [0.2, 0.25) is 0 Å². The molecule has 0 unspecified atom stereocenters. The van der Waals surface area contributed by atoms with E-state index in [9.17, 15) is 9.59 Å². The number of hydrogen-bond donors (Lipinski definition) is 1. The molecule has 2 aliphatic rings. The summed E-state index contributed by atoms with van der Waals surface area (Å²) in [6.07, 6.45) is 5.24. The minimum absolute atomic E-state index is 0. The molecule has 0 aromatic carbocycles. The first kappa shape index (κ1) is 23.3. The van der Waals surface area contributed by atoms with Gasteiger partial charge in [0, 0.05) is 14.6 Å². The molecule has 1 amide bonds. The molecule has 1 aliphatic heterocycles. The fourth-order valence-electron chi connectivity index (χ4n) is 3.64. The fourth-order valence-corrected chi connectivity index (χ4v) is 3.64. The molecule has 2 heterocycles. The van der Waals surface area contributed by atoms with Crippen LogP contribution in [-0.2, 0) is 14.3 Å². The topological polar surface area (TPSA) is 90.0 Å². The molecule has 1 N–H and O–H groups in total. The molecule has 1 saturated carbocycles. The lowest BCUT2D eigenvalue weighted by Gasteiger charge is -2.30. The third-order valence-corrected chi connectivity index (χ3v) is 6.01. The van der Waals surface area contributed by atoms with Gasteiger partial charge < -0.3 is 24.4 Å². The van der Waals surface area contributed by atoms with Crippen LogP contribution < -0.4 is 15.0 Å². The Labute approximate surface area is 186 Å². The van der Waals surface area contributed by atoms with Gasteiger partial charge in [-0.05, 0) is 63.5 Å². The highest BCUT2D eigenvalue weighted by molar-refractivity contribution is 5.97. The number of aromatic nitrogens is 1. The van der Waals surface area contributed by atoms with Crippen LogP contribution in [0.25, 0.3) is 0 Å². The lowest BCUT2D eigenvalue weighted by molar-refractivity contribution is -0.151. The summed E-state index contributed by atoms with van der Waals surface area (Å²) < 4.78 is 16.9. The van der Waals surface area contributed by atoms with E-state index in [1.54, 1.807) is 13.0 Å². The third kappa shape index (κ3) is 5.87. The Morgan fingerprint density at radius 1 is 1.26 bits per heavy atom. The summed E-state index contributed by atoms with van der Waals surface area (Å²) in [5, 5.41) is 2.87. The number of amides is 1. The van der Waals surface area contributed by atoms with Crippen molar-refractivity contribution in [2.45, 2.75) is 64.8 Å². The van der Waals surface area contributed by atoms with Crippen molar-refractivity contribution >= 4 is 17.6 Å². The van der Waals surface area contributed by atoms with Crippen LogP contribution in [0, 0.1) is 5.92 Å². The monoisotopic (exact) mass is 435 g/mol. The molecule has 0 atom stereocenters. The number of hydrogen-bond acceptors (Lipinski definition) is 7. The predicted molar refractivity (Wildman–Crippen MR) is 119 cm³/mol. The van der Waals surface area contributed by atoms with Gasteiger partial charge in [-0.3, -0.25) is 4.79 Å². The number of anilines is 1. The second-order valence-corrected chi connectivity index (χ2v) is 8.25. The smallest absolute Gasteiger partial charge is 0.331 e. The van der Waals surface area contributed by atoms with Crippen LogP contribution in [-0.4, -0.2) is 55.5 Å². The zero-order valence-electron chi connectivity index (χ0n) is 18.9. The number of ether oxygens (including phenoxy) is 3. The van der Waals surface area contributed by atoms with E-state index in [1.807, 2.05) is 19.9 Å². The molecule has 2 fully saturated rings. The molecule has 31 heavy (non-hydrogen) atoms. The Kier molecular flexibility index (Phi) is 8.12. The van der Waals surface area contributed by atoms with Crippen molar-refractivity contribution in [3.63, 3.8) is 0 Å². The second kappa shape index (κ2) is 10.8. The van der Waals surface area contributed by atoms with Crippen LogP contribution in [0.3, 0.4) is 0 Å². The average molecular weight is 436 g/mol. The minimum Gasteiger partial charge on any atom is -0.476 e. The lowest BCUT2D eigenvalue weighted by Crippen LogP contribution is -2.54. The third-order valence-electron chi connectivity index (χ3n) is 6.01. The van der Waals surface area contributed by atoms with E-state index in [0.717, 1.165) is 44.5 Å². The standard InChI is InChI=1S/C23H35N3O5.H2/c1-4-23(5-2,22(28)30-6-3)25-20(27)18-11-12-19(26-13-7-8-14-29-16-26)21(24-18)31-15-17-9-10-17;/h11-12,17H,4-10,13-16H2,1-3H3,(H,25,27);1H. The Morgan fingerprint density at radius 3 is 2.71 bits per heavy atom. The van der Waals surface area contributed by atoms with Crippen molar-refractivity contribution in [3.05, 3.63) is 17.8 Å². The number of rotatable bonds is 10. The fraction of sp³-hybridized carbons (Fsp3) is 0.696. The first-order valence-corrected chi connectivity index (χ1v) is 11.5. The van der Waals surface area contributed by atoms with Gasteiger partial charge in [-0.1, -0.05) is 13.8 Å². The van der Waals surface area contributed by atoms with Crippen molar-refractivity contribution in [2.75, 3.05) is 38.0 Å².